The molecule has 2 saturated heterocycles. The largest absolute Gasteiger partial charge is 0.352 e. The van der Waals surface area contributed by atoms with Crippen molar-refractivity contribution in [1.82, 2.24) is 15.1 Å². The van der Waals surface area contributed by atoms with E-state index in [1.807, 2.05) is 4.90 Å². The van der Waals surface area contributed by atoms with E-state index in [1.54, 1.807) is 23.1 Å². The zero-order chi connectivity index (χ0) is 21.5. The van der Waals surface area contributed by atoms with Gasteiger partial charge in [-0.15, -0.1) is 6.58 Å². The minimum Gasteiger partial charge on any atom is -0.352 e. The second-order valence-corrected chi connectivity index (χ2v) is 8.20. The molecule has 0 bridgehead atoms. The molecule has 3 amide bonds. The molecule has 0 radical (unpaired) electrons. The standard InChI is InChI=1S/C23H30FN3O3/c1-2-11-27-16-19(14-22(27)29)23(30)26-12-9-17(10-13-26)5-8-21(28)25-15-18-3-6-20(24)7-4-18/h2-4,6-7,17,19H,1,5,8-16H2,(H,25,28)/t19-/m0/s1. The van der Waals surface area contributed by atoms with Crippen LogP contribution < -0.4 is 5.32 Å². The molecule has 0 unspecified atom stereocenters. The number of halogens is 1. The van der Waals surface area contributed by atoms with Crippen molar-refractivity contribution in [3.63, 3.8) is 0 Å². The fourth-order valence-corrected chi connectivity index (χ4v) is 4.20. The smallest absolute Gasteiger partial charge is 0.227 e. The summed E-state index contributed by atoms with van der Waals surface area (Å²) in [6.45, 7) is 6.41. The van der Waals surface area contributed by atoms with E-state index in [4.69, 9.17) is 0 Å². The number of nitrogens with zero attached hydrogens (tertiary/aromatic N) is 2. The third kappa shape index (κ3) is 5.90. The lowest BCUT2D eigenvalue weighted by Gasteiger charge is -2.33. The fourth-order valence-electron chi connectivity index (χ4n) is 4.20. The summed E-state index contributed by atoms with van der Waals surface area (Å²) in [5.74, 6) is -0.0207. The molecule has 0 spiro atoms. The number of hydrogen-bond donors (Lipinski definition) is 1. The van der Waals surface area contributed by atoms with Crippen LogP contribution in [0, 0.1) is 17.7 Å². The van der Waals surface area contributed by atoms with Crippen LogP contribution in [-0.2, 0) is 20.9 Å². The van der Waals surface area contributed by atoms with Crippen molar-refractivity contribution < 1.29 is 18.8 Å². The van der Waals surface area contributed by atoms with E-state index < -0.39 is 0 Å². The molecule has 7 heteroatoms. The number of rotatable bonds is 8. The van der Waals surface area contributed by atoms with Gasteiger partial charge in [0.15, 0.2) is 0 Å². The van der Waals surface area contributed by atoms with Gasteiger partial charge in [0.1, 0.15) is 5.82 Å². The molecule has 1 aromatic carbocycles. The summed E-state index contributed by atoms with van der Waals surface area (Å²) < 4.78 is 12.9. The Balaban J connectivity index is 1.34. The van der Waals surface area contributed by atoms with E-state index in [-0.39, 0.29) is 29.5 Å². The van der Waals surface area contributed by atoms with Crippen LogP contribution in [0.1, 0.15) is 37.7 Å². The van der Waals surface area contributed by atoms with Crippen molar-refractivity contribution in [2.75, 3.05) is 26.2 Å². The molecule has 2 aliphatic rings. The second kappa shape index (κ2) is 10.4. The van der Waals surface area contributed by atoms with Crippen LogP contribution in [-0.4, -0.2) is 53.7 Å². The van der Waals surface area contributed by atoms with Gasteiger partial charge in [-0.1, -0.05) is 18.2 Å². The number of benzene rings is 1. The van der Waals surface area contributed by atoms with Gasteiger partial charge in [0.05, 0.1) is 5.92 Å². The molecule has 1 atom stereocenters. The van der Waals surface area contributed by atoms with Crippen molar-refractivity contribution in [1.29, 1.82) is 0 Å². The maximum Gasteiger partial charge on any atom is 0.227 e. The Labute approximate surface area is 177 Å². The van der Waals surface area contributed by atoms with Crippen LogP contribution >= 0.6 is 0 Å². The summed E-state index contributed by atoms with van der Waals surface area (Å²) in [5.41, 5.74) is 0.869. The number of nitrogens with one attached hydrogen (secondary N) is 1. The molecule has 1 aromatic rings. The van der Waals surface area contributed by atoms with Gasteiger partial charge in [-0.25, -0.2) is 4.39 Å². The van der Waals surface area contributed by atoms with Crippen LogP contribution in [0.25, 0.3) is 0 Å². The number of piperidine rings is 1. The zero-order valence-electron chi connectivity index (χ0n) is 17.3. The van der Waals surface area contributed by atoms with Crippen molar-refractivity contribution >= 4 is 17.7 Å². The van der Waals surface area contributed by atoms with Gasteiger partial charge in [0.25, 0.3) is 0 Å². The monoisotopic (exact) mass is 415 g/mol. The van der Waals surface area contributed by atoms with Gasteiger partial charge < -0.3 is 15.1 Å². The van der Waals surface area contributed by atoms with Gasteiger partial charge in [0, 0.05) is 45.6 Å². The van der Waals surface area contributed by atoms with E-state index in [0.717, 1.165) is 24.8 Å². The summed E-state index contributed by atoms with van der Waals surface area (Å²) in [6.07, 6.45) is 4.99. The molecule has 0 aromatic heterocycles. The van der Waals surface area contributed by atoms with Crippen LogP contribution in [0.2, 0.25) is 0 Å². The second-order valence-electron chi connectivity index (χ2n) is 8.20. The lowest BCUT2D eigenvalue weighted by molar-refractivity contribution is -0.137. The highest BCUT2D eigenvalue weighted by Crippen LogP contribution is 2.26. The highest BCUT2D eigenvalue weighted by atomic mass is 19.1. The maximum absolute atomic E-state index is 12.9. The van der Waals surface area contributed by atoms with Crippen molar-refractivity contribution in [2.24, 2.45) is 11.8 Å². The maximum atomic E-state index is 12.9. The molecule has 0 saturated carbocycles. The Morgan fingerprint density at radius 2 is 1.90 bits per heavy atom. The minimum absolute atomic E-state index is 0.00962. The molecular weight excluding hydrogens is 385 g/mol. The van der Waals surface area contributed by atoms with Crippen LogP contribution in [0.4, 0.5) is 4.39 Å². The van der Waals surface area contributed by atoms with E-state index in [2.05, 4.69) is 11.9 Å². The number of carbonyl (C=O) groups is 3. The topological polar surface area (TPSA) is 69.7 Å². The Bertz CT molecular complexity index is 772. The lowest BCUT2D eigenvalue weighted by Crippen LogP contribution is -2.42. The third-order valence-corrected chi connectivity index (χ3v) is 6.02. The van der Waals surface area contributed by atoms with Gasteiger partial charge >= 0.3 is 0 Å². The predicted octanol–water partition coefficient (Wildman–Crippen LogP) is 2.50. The summed E-state index contributed by atoms with van der Waals surface area (Å²) in [4.78, 5) is 40.4. The molecule has 2 heterocycles. The molecule has 1 N–H and O–H groups in total. The average Bonchev–Trinajstić information content (AvgIpc) is 3.12. The first kappa shape index (κ1) is 22.0. The predicted molar refractivity (Wildman–Crippen MR) is 112 cm³/mol. The molecule has 162 valence electrons. The number of carbonyl (C=O) groups excluding carboxylic acids is 3. The first-order chi connectivity index (χ1) is 14.5. The van der Waals surface area contributed by atoms with Gasteiger partial charge in [0.2, 0.25) is 17.7 Å². The van der Waals surface area contributed by atoms with Gasteiger partial charge in [-0.3, -0.25) is 14.4 Å². The zero-order valence-corrected chi connectivity index (χ0v) is 17.3. The molecule has 2 aliphatic heterocycles. The highest BCUT2D eigenvalue weighted by molar-refractivity contribution is 5.89. The van der Waals surface area contributed by atoms with Gasteiger partial charge in [-0.2, -0.15) is 0 Å². The molecule has 30 heavy (non-hydrogen) atoms. The molecule has 3 rings (SSSR count). The summed E-state index contributed by atoms with van der Waals surface area (Å²) >= 11 is 0. The SMILES string of the molecule is C=CCN1C[C@@H](C(=O)N2CCC(CCC(=O)NCc3ccc(F)cc3)CC2)CC1=O. The Morgan fingerprint density at radius 1 is 1.20 bits per heavy atom. The van der Waals surface area contributed by atoms with Crippen molar-refractivity contribution in [3.05, 3.63) is 48.3 Å². The van der Waals surface area contributed by atoms with E-state index in [9.17, 15) is 18.8 Å². The van der Waals surface area contributed by atoms with Crippen molar-refractivity contribution in [3.8, 4) is 0 Å². The minimum atomic E-state index is -0.288. The number of hydrogen-bond acceptors (Lipinski definition) is 3. The molecule has 6 nitrogen and oxygen atoms in total. The van der Waals surface area contributed by atoms with E-state index in [0.29, 0.717) is 51.5 Å². The van der Waals surface area contributed by atoms with Gasteiger partial charge in [-0.05, 0) is 42.9 Å². The average molecular weight is 416 g/mol. The first-order valence-electron chi connectivity index (χ1n) is 10.6. The first-order valence-corrected chi connectivity index (χ1v) is 10.6. The van der Waals surface area contributed by atoms with Crippen molar-refractivity contribution in [2.45, 2.75) is 38.6 Å². The lowest BCUT2D eigenvalue weighted by atomic mass is 9.91. The van der Waals surface area contributed by atoms with E-state index >= 15 is 0 Å². The quantitative estimate of drug-likeness (QED) is 0.664. The van der Waals surface area contributed by atoms with Crippen LogP contribution in [0.3, 0.4) is 0 Å². The number of likely N-dealkylation sites (tertiary alicyclic amines) is 2. The summed E-state index contributed by atoms with van der Waals surface area (Å²) in [5, 5.41) is 2.87. The normalized spacial score (nSPS) is 19.8. The number of amides is 3. The van der Waals surface area contributed by atoms with Crippen LogP contribution in [0.15, 0.2) is 36.9 Å². The Hall–Kier alpha value is -2.70. The molecule has 0 aliphatic carbocycles. The highest BCUT2D eigenvalue weighted by Gasteiger charge is 2.36. The fraction of sp³-hybridized carbons (Fsp3) is 0.522. The third-order valence-electron chi connectivity index (χ3n) is 6.02. The Kier molecular flexibility index (Phi) is 7.60. The Morgan fingerprint density at radius 3 is 2.57 bits per heavy atom. The van der Waals surface area contributed by atoms with Crippen LogP contribution in [0.5, 0.6) is 0 Å². The molecular formula is C23H30FN3O3. The summed E-state index contributed by atoms with van der Waals surface area (Å²) in [6, 6.07) is 6.10. The molecule has 2 fully saturated rings. The summed E-state index contributed by atoms with van der Waals surface area (Å²) in [7, 11) is 0. The van der Waals surface area contributed by atoms with E-state index in [1.165, 1.54) is 12.1 Å².